The Balaban J connectivity index is 1.59. The highest BCUT2D eigenvalue weighted by molar-refractivity contribution is 7.80. The summed E-state index contributed by atoms with van der Waals surface area (Å²) in [6.45, 7) is 4.42. The number of morpholine rings is 1. The van der Waals surface area contributed by atoms with Gasteiger partial charge in [-0.15, -0.1) is 0 Å². The van der Waals surface area contributed by atoms with Crippen LogP contribution in [-0.2, 0) is 20.8 Å². The molecule has 0 spiro atoms. The molecular formula is C27H31N5O6S. The van der Waals surface area contributed by atoms with Crippen molar-refractivity contribution < 1.29 is 24.0 Å². The summed E-state index contributed by atoms with van der Waals surface area (Å²) in [6, 6.07) is 14.4. The van der Waals surface area contributed by atoms with Gasteiger partial charge in [0.2, 0.25) is 0 Å². The average molecular weight is 554 g/mol. The van der Waals surface area contributed by atoms with Gasteiger partial charge < -0.3 is 19.7 Å². The smallest absolute Gasteiger partial charge is 0.338 e. The van der Waals surface area contributed by atoms with E-state index in [0.29, 0.717) is 50.7 Å². The number of esters is 1. The van der Waals surface area contributed by atoms with Crippen molar-refractivity contribution in [2.75, 3.05) is 46.5 Å². The number of likely N-dealkylation sites (N-methyl/N-ethyl adjacent to an activating group) is 1. The molecule has 1 fully saturated rings. The van der Waals surface area contributed by atoms with Gasteiger partial charge in [-0.2, -0.15) is 0 Å². The Morgan fingerprint density at radius 2 is 1.90 bits per heavy atom. The van der Waals surface area contributed by atoms with Crippen LogP contribution in [0.1, 0.15) is 24.1 Å². The fraction of sp³-hybridized carbons (Fsp3) is 0.370. The summed E-state index contributed by atoms with van der Waals surface area (Å²) in [5.41, 5.74) is 1.94. The molecule has 2 aromatic rings. The van der Waals surface area contributed by atoms with E-state index in [4.69, 9.17) is 21.7 Å². The van der Waals surface area contributed by atoms with Gasteiger partial charge in [-0.1, -0.05) is 42.5 Å². The summed E-state index contributed by atoms with van der Waals surface area (Å²) < 4.78 is 11.0. The third-order valence-corrected chi connectivity index (χ3v) is 6.85. The minimum absolute atomic E-state index is 0.0969. The lowest BCUT2D eigenvalue weighted by Crippen LogP contribution is -2.56. The number of carbonyl (C=O) groups excluding carboxylic acids is 2. The first-order valence-corrected chi connectivity index (χ1v) is 13.0. The van der Waals surface area contributed by atoms with Crippen LogP contribution in [0.2, 0.25) is 0 Å². The zero-order valence-electron chi connectivity index (χ0n) is 21.9. The molecule has 11 nitrogen and oxygen atoms in total. The second-order valence-corrected chi connectivity index (χ2v) is 9.72. The molecule has 1 saturated heterocycles. The summed E-state index contributed by atoms with van der Waals surface area (Å²) in [7, 11) is 1.93. The number of amides is 2. The lowest BCUT2D eigenvalue weighted by molar-refractivity contribution is -0.384. The van der Waals surface area contributed by atoms with E-state index in [1.54, 1.807) is 17.9 Å². The number of hydrogen-bond acceptors (Lipinski definition) is 8. The number of nitrogens with zero attached hydrogens (tertiary/aromatic N) is 4. The summed E-state index contributed by atoms with van der Waals surface area (Å²) >= 11 is 5.54. The predicted molar refractivity (Wildman–Crippen MR) is 148 cm³/mol. The molecule has 2 aromatic carbocycles. The van der Waals surface area contributed by atoms with Crippen LogP contribution in [0.25, 0.3) is 0 Å². The Hall–Kier alpha value is -3.87. The van der Waals surface area contributed by atoms with E-state index in [1.807, 2.05) is 42.3 Å². The lowest BCUT2D eigenvalue weighted by Gasteiger charge is -2.41. The van der Waals surface area contributed by atoms with Crippen LogP contribution in [0.15, 0.2) is 65.9 Å². The number of benzene rings is 2. The van der Waals surface area contributed by atoms with E-state index in [-0.39, 0.29) is 23.0 Å². The van der Waals surface area contributed by atoms with Crippen molar-refractivity contribution in [3.8, 4) is 0 Å². The number of carbonyl (C=O) groups is 2. The Bertz CT molecular complexity index is 1260. The van der Waals surface area contributed by atoms with Crippen LogP contribution < -0.4 is 5.32 Å². The predicted octanol–water partition coefficient (Wildman–Crippen LogP) is 3.23. The van der Waals surface area contributed by atoms with Gasteiger partial charge in [0.1, 0.15) is 12.6 Å². The Kier molecular flexibility index (Phi) is 9.23. The van der Waals surface area contributed by atoms with Gasteiger partial charge in [-0.3, -0.25) is 19.9 Å². The number of ether oxygens (including phenoxy) is 2. The molecule has 2 aliphatic rings. The normalized spacial score (nSPS) is 17.7. The first-order valence-electron chi connectivity index (χ1n) is 12.6. The van der Waals surface area contributed by atoms with Crippen LogP contribution in [0, 0.1) is 10.1 Å². The van der Waals surface area contributed by atoms with E-state index in [1.165, 1.54) is 23.1 Å². The van der Waals surface area contributed by atoms with E-state index in [9.17, 15) is 19.7 Å². The molecule has 0 bridgehead atoms. The molecule has 0 radical (unpaired) electrons. The number of nitro groups is 1. The number of nitrogens with one attached hydrogen (secondary N) is 1. The number of thiocarbonyl (C=S) groups is 1. The molecule has 206 valence electrons. The van der Waals surface area contributed by atoms with E-state index in [2.05, 4.69) is 5.32 Å². The highest BCUT2D eigenvalue weighted by Crippen LogP contribution is 2.36. The van der Waals surface area contributed by atoms with Crippen molar-refractivity contribution in [3.63, 3.8) is 0 Å². The number of hydrogen-bond donors (Lipinski definition) is 1. The topological polar surface area (TPSA) is 117 Å². The Morgan fingerprint density at radius 1 is 1.18 bits per heavy atom. The molecule has 1 atom stereocenters. The first kappa shape index (κ1) is 28.1. The summed E-state index contributed by atoms with van der Waals surface area (Å²) in [5.74, 6) is -0.633. The second kappa shape index (κ2) is 12.8. The van der Waals surface area contributed by atoms with Crippen molar-refractivity contribution in [1.82, 2.24) is 20.0 Å². The van der Waals surface area contributed by atoms with E-state index < -0.39 is 23.0 Å². The SMILES string of the molecule is CC1=C(C(=O)OCCN(C)Cc2ccccc2)C(c2cccc([N+](=O)[O-])c2)N(C(=O)N2CCOCC2)C(=S)N1. The summed E-state index contributed by atoms with van der Waals surface area (Å²) in [5, 5.41) is 14.6. The van der Waals surface area contributed by atoms with E-state index in [0.717, 1.165) is 5.56 Å². The molecule has 12 heteroatoms. The Morgan fingerprint density at radius 3 is 2.59 bits per heavy atom. The molecule has 2 aliphatic heterocycles. The summed E-state index contributed by atoms with van der Waals surface area (Å²) in [4.78, 5) is 43.1. The van der Waals surface area contributed by atoms with Crippen LogP contribution >= 0.6 is 12.2 Å². The molecule has 1 N–H and O–H groups in total. The first-order chi connectivity index (χ1) is 18.8. The van der Waals surface area contributed by atoms with Crippen molar-refractivity contribution in [1.29, 1.82) is 0 Å². The fourth-order valence-corrected chi connectivity index (χ4v) is 4.92. The maximum atomic E-state index is 13.7. The second-order valence-electron chi connectivity index (χ2n) is 9.33. The van der Waals surface area contributed by atoms with Crippen molar-refractivity contribution >= 4 is 35.0 Å². The molecular weight excluding hydrogens is 522 g/mol. The molecule has 4 rings (SSSR count). The van der Waals surface area contributed by atoms with Crippen molar-refractivity contribution in [2.45, 2.75) is 19.5 Å². The molecule has 39 heavy (non-hydrogen) atoms. The van der Waals surface area contributed by atoms with Gasteiger partial charge >= 0.3 is 12.0 Å². The molecule has 1 unspecified atom stereocenters. The largest absolute Gasteiger partial charge is 0.461 e. The van der Waals surface area contributed by atoms with Gasteiger partial charge in [-0.25, -0.2) is 9.59 Å². The number of urea groups is 1. The minimum atomic E-state index is -1.01. The molecule has 2 heterocycles. The van der Waals surface area contributed by atoms with Gasteiger partial charge in [0.25, 0.3) is 5.69 Å². The van der Waals surface area contributed by atoms with Gasteiger partial charge in [0, 0.05) is 44.0 Å². The zero-order valence-corrected chi connectivity index (χ0v) is 22.7. The van der Waals surface area contributed by atoms with E-state index >= 15 is 0 Å². The minimum Gasteiger partial charge on any atom is -0.461 e. The molecule has 0 saturated carbocycles. The third-order valence-electron chi connectivity index (χ3n) is 6.55. The quantitative estimate of drug-likeness (QED) is 0.228. The van der Waals surface area contributed by atoms with Gasteiger partial charge in [0.05, 0.1) is 23.7 Å². The third kappa shape index (κ3) is 6.77. The molecule has 2 amide bonds. The standard InChI is InChI=1S/C27H31N5O6S/c1-19-23(25(33)38-16-11-29(2)18-20-7-4-3-5-8-20)24(21-9-6-10-22(17-21)32(35)36)31(26(39)28-19)27(34)30-12-14-37-15-13-30/h3-10,17,24H,11-16,18H2,1-2H3,(H,28,39). The van der Waals surface area contributed by atoms with Crippen LogP contribution in [0.5, 0.6) is 0 Å². The average Bonchev–Trinajstić information content (AvgIpc) is 2.93. The maximum Gasteiger partial charge on any atom is 0.338 e. The number of non-ortho nitro benzene ring substituents is 1. The fourth-order valence-electron chi connectivity index (χ4n) is 4.58. The number of nitro benzene ring substituents is 1. The highest BCUT2D eigenvalue weighted by Gasteiger charge is 2.42. The van der Waals surface area contributed by atoms with Crippen molar-refractivity contribution in [2.24, 2.45) is 0 Å². The molecule has 0 aliphatic carbocycles. The number of rotatable bonds is 8. The highest BCUT2D eigenvalue weighted by atomic mass is 32.1. The summed E-state index contributed by atoms with van der Waals surface area (Å²) in [6.07, 6.45) is 0. The van der Waals surface area contributed by atoms with Crippen molar-refractivity contribution in [3.05, 3.63) is 87.1 Å². The van der Waals surface area contributed by atoms with Crippen LogP contribution in [0.4, 0.5) is 10.5 Å². The molecule has 0 aromatic heterocycles. The monoisotopic (exact) mass is 553 g/mol. The zero-order chi connectivity index (χ0) is 27.9. The Labute approximate surface area is 232 Å². The van der Waals surface area contributed by atoms with Gasteiger partial charge in [0.15, 0.2) is 5.11 Å². The lowest BCUT2D eigenvalue weighted by atomic mass is 9.93. The van der Waals surface area contributed by atoms with Crippen LogP contribution in [-0.4, -0.2) is 83.2 Å². The van der Waals surface area contributed by atoms with Gasteiger partial charge in [-0.05, 0) is 37.3 Å². The number of allylic oxidation sites excluding steroid dienone is 1. The van der Waals surface area contributed by atoms with Crippen LogP contribution in [0.3, 0.4) is 0 Å². The maximum absolute atomic E-state index is 13.7.